The van der Waals surface area contributed by atoms with Crippen LogP contribution in [0.1, 0.15) is 19.4 Å². The van der Waals surface area contributed by atoms with Crippen LogP contribution in [-0.4, -0.2) is 15.6 Å². The molecule has 0 saturated heterocycles. The molecule has 1 aromatic heterocycles. The van der Waals surface area contributed by atoms with Crippen LogP contribution in [0.4, 0.5) is 0 Å². The molecule has 1 N–H and O–H groups in total. The Balaban J connectivity index is 2.17. The van der Waals surface area contributed by atoms with Crippen molar-refractivity contribution in [2.45, 2.75) is 26.4 Å². The van der Waals surface area contributed by atoms with Crippen LogP contribution < -0.4 is 5.32 Å². The van der Waals surface area contributed by atoms with Crippen molar-refractivity contribution < 1.29 is 0 Å². The number of benzene rings is 1. The Morgan fingerprint density at radius 3 is 2.82 bits per heavy atom. The van der Waals surface area contributed by atoms with Gasteiger partial charge in [0.2, 0.25) is 0 Å². The summed E-state index contributed by atoms with van der Waals surface area (Å²) in [6.07, 6.45) is 5.52. The maximum atomic E-state index is 4.05. The Bertz CT molecular complexity index is 477. The van der Waals surface area contributed by atoms with E-state index in [-0.39, 0.29) is 0 Å². The maximum Gasteiger partial charge on any atom is 0.0991 e. The van der Waals surface area contributed by atoms with E-state index in [9.17, 15) is 0 Å². The third-order valence-corrected chi connectivity index (χ3v) is 3.28. The number of imidazole rings is 1. The Kier molecular flexibility index (Phi) is 3.97. The van der Waals surface area contributed by atoms with E-state index < -0.39 is 0 Å². The molecular weight excluding hydrogens is 278 g/mol. The monoisotopic (exact) mass is 293 g/mol. The van der Waals surface area contributed by atoms with Gasteiger partial charge in [0.05, 0.1) is 6.33 Å². The van der Waals surface area contributed by atoms with Crippen LogP contribution >= 0.6 is 15.9 Å². The van der Waals surface area contributed by atoms with Crippen molar-refractivity contribution >= 4 is 15.9 Å². The molecule has 2 aromatic rings. The summed E-state index contributed by atoms with van der Waals surface area (Å²) >= 11 is 3.61. The van der Waals surface area contributed by atoms with Gasteiger partial charge in [-0.2, -0.15) is 0 Å². The number of nitrogens with zero attached hydrogens (tertiary/aromatic N) is 2. The van der Waals surface area contributed by atoms with E-state index in [2.05, 4.69) is 58.3 Å². The van der Waals surface area contributed by atoms with Crippen molar-refractivity contribution in [3.63, 3.8) is 0 Å². The zero-order chi connectivity index (χ0) is 12.3. The van der Waals surface area contributed by atoms with Crippen LogP contribution in [0.5, 0.6) is 0 Å². The molecule has 0 aliphatic carbocycles. The highest BCUT2D eigenvalue weighted by molar-refractivity contribution is 9.10. The van der Waals surface area contributed by atoms with Gasteiger partial charge in [-0.05, 0) is 17.7 Å². The smallest absolute Gasteiger partial charge is 0.0991 e. The average Bonchev–Trinajstić information content (AvgIpc) is 2.80. The highest BCUT2D eigenvalue weighted by Crippen LogP contribution is 2.20. The third-order valence-electron chi connectivity index (χ3n) is 2.54. The predicted molar refractivity (Wildman–Crippen MR) is 73.2 cm³/mol. The van der Waals surface area contributed by atoms with Crippen molar-refractivity contribution in [2.75, 3.05) is 0 Å². The highest BCUT2D eigenvalue weighted by Gasteiger charge is 2.03. The van der Waals surface area contributed by atoms with E-state index in [4.69, 9.17) is 0 Å². The van der Waals surface area contributed by atoms with Crippen molar-refractivity contribution in [1.29, 1.82) is 0 Å². The molecular formula is C13H16BrN3. The van der Waals surface area contributed by atoms with Crippen LogP contribution in [0.2, 0.25) is 0 Å². The summed E-state index contributed by atoms with van der Waals surface area (Å²) in [6.45, 7) is 5.17. The fraction of sp³-hybridized carbons (Fsp3) is 0.308. The number of halogens is 1. The zero-order valence-corrected chi connectivity index (χ0v) is 11.6. The Morgan fingerprint density at radius 1 is 1.41 bits per heavy atom. The number of hydrogen-bond donors (Lipinski definition) is 1. The molecule has 0 fully saturated rings. The average molecular weight is 294 g/mol. The Hall–Kier alpha value is -1.13. The lowest BCUT2D eigenvalue weighted by atomic mass is 10.2. The normalized spacial score (nSPS) is 11.1. The molecule has 0 unspecified atom stereocenters. The minimum absolute atomic E-state index is 0.496. The van der Waals surface area contributed by atoms with E-state index in [1.807, 2.05) is 10.8 Å². The van der Waals surface area contributed by atoms with Crippen LogP contribution in [-0.2, 0) is 6.54 Å². The molecule has 0 spiro atoms. The predicted octanol–water partition coefficient (Wildman–Crippen LogP) is 3.13. The molecule has 2 rings (SSSR count). The van der Waals surface area contributed by atoms with Gasteiger partial charge in [0.25, 0.3) is 0 Å². The molecule has 4 heteroatoms. The maximum absolute atomic E-state index is 4.05. The van der Waals surface area contributed by atoms with Gasteiger partial charge in [-0.3, -0.25) is 0 Å². The number of aromatic nitrogens is 2. The van der Waals surface area contributed by atoms with E-state index in [1.165, 1.54) is 5.56 Å². The van der Waals surface area contributed by atoms with Gasteiger partial charge in [-0.25, -0.2) is 4.98 Å². The highest BCUT2D eigenvalue weighted by atomic mass is 79.9. The molecule has 0 radical (unpaired) electrons. The van der Waals surface area contributed by atoms with Crippen LogP contribution in [0.15, 0.2) is 41.4 Å². The first-order valence-electron chi connectivity index (χ1n) is 5.67. The van der Waals surface area contributed by atoms with Gasteiger partial charge in [-0.1, -0.05) is 35.8 Å². The summed E-state index contributed by atoms with van der Waals surface area (Å²) in [4.78, 5) is 4.05. The summed E-state index contributed by atoms with van der Waals surface area (Å²) in [6, 6.07) is 6.84. The number of nitrogens with one attached hydrogen (secondary N) is 1. The van der Waals surface area contributed by atoms with E-state index in [1.54, 1.807) is 12.5 Å². The lowest BCUT2D eigenvalue weighted by Gasteiger charge is -2.11. The second-order valence-electron chi connectivity index (χ2n) is 4.28. The SMILES string of the molecule is CC(C)NCc1ccc(-n2ccnc2)cc1Br. The van der Waals surface area contributed by atoms with Crippen molar-refractivity contribution in [3.05, 3.63) is 47.0 Å². The summed E-state index contributed by atoms with van der Waals surface area (Å²) in [5.74, 6) is 0. The van der Waals surface area contributed by atoms with Crippen LogP contribution in [0.3, 0.4) is 0 Å². The lowest BCUT2D eigenvalue weighted by Crippen LogP contribution is -2.22. The Morgan fingerprint density at radius 2 is 2.24 bits per heavy atom. The second kappa shape index (κ2) is 5.47. The molecule has 0 aliphatic heterocycles. The van der Waals surface area contributed by atoms with Crippen LogP contribution in [0.25, 0.3) is 5.69 Å². The molecule has 90 valence electrons. The molecule has 1 heterocycles. The Labute approximate surface area is 110 Å². The van der Waals surface area contributed by atoms with Gasteiger partial charge in [0.15, 0.2) is 0 Å². The zero-order valence-electron chi connectivity index (χ0n) is 10.0. The third kappa shape index (κ3) is 3.17. The topological polar surface area (TPSA) is 29.9 Å². The molecule has 3 nitrogen and oxygen atoms in total. The standard InChI is InChI=1S/C13H16BrN3/c1-10(2)16-8-11-3-4-12(7-13(11)14)17-6-5-15-9-17/h3-7,9-10,16H,8H2,1-2H3. The molecule has 0 aliphatic rings. The fourth-order valence-corrected chi connectivity index (χ4v) is 2.07. The molecule has 0 atom stereocenters. The first-order valence-corrected chi connectivity index (χ1v) is 6.46. The minimum atomic E-state index is 0.496. The summed E-state index contributed by atoms with van der Waals surface area (Å²) in [5, 5.41) is 3.41. The van der Waals surface area contributed by atoms with Gasteiger partial charge >= 0.3 is 0 Å². The first-order chi connectivity index (χ1) is 8.16. The minimum Gasteiger partial charge on any atom is -0.310 e. The van der Waals surface area contributed by atoms with Crippen molar-refractivity contribution in [3.8, 4) is 5.69 Å². The van der Waals surface area contributed by atoms with Gasteiger partial charge < -0.3 is 9.88 Å². The summed E-state index contributed by atoms with van der Waals surface area (Å²) < 4.78 is 3.11. The largest absolute Gasteiger partial charge is 0.310 e. The lowest BCUT2D eigenvalue weighted by molar-refractivity contribution is 0.588. The van der Waals surface area contributed by atoms with E-state index in [0.717, 1.165) is 16.7 Å². The first kappa shape index (κ1) is 12.3. The van der Waals surface area contributed by atoms with Crippen LogP contribution in [0, 0.1) is 0 Å². The second-order valence-corrected chi connectivity index (χ2v) is 5.14. The van der Waals surface area contributed by atoms with Gasteiger partial charge in [-0.15, -0.1) is 0 Å². The van der Waals surface area contributed by atoms with Gasteiger partial charge in [0, 0.05) is 35.1 Å². The van der Waals surface area contributed by atoms with Crippen molar-refractivity contribution in [1.82, 2.24) is 14.9 Å². The quantitative estimate of drug-likeness (QED) is 0.939. The fourth-order valence-electron chi connectivity index (χ4n) is 1.57. The van der Waals surface area contributed by atoms with E-state index >= 15 is 0 Å². The number of hydrogen-bond acceptors (Lipinski definition) is 2. The molecule has 17 heavy (non-hydrogen) atoms. The molecule has 0 saturated carbocycles. The van der Waals surface area contributed by atoms with E-state index in [0.29, 0.717) is 6.04 Å². The number of rotatable bonds is 4. The van der Waals surface area contributed by atoms with Crippen molar-refractivity contribution in [2.24, 2.45) is 0 Å². The molecule has 0 amide bonds. The summed E-state index contributed by atoms with van der Waals surface area (Å²) in [5.41, 5.74) is 2.38. The summed E-state index contributed by atoms with van der Waals surface area (Å²) in [7, 11) is 0. The molecule has 0 bridgehead atoms. The van der Waals surface area contributed by atoms with Gasteiger partial charge in [0.1, 0.15) is 0 Å². The molecule has 1 aromatic carbocycles.